The smallest absolute Gasteiger partial charge is 0.344 e. The highest BCUT2D eigenvalue weighted by molar-refractivity contribution is 7.07. The van der Waals surface area contributed by atoms with Crippen LogP contribution in [0.4, 0.5) is 0 Å². The molecule has 4 rings (SSSR count). The molecule has 0 saturated carbocycles. The summed E-state index contributed by atoms with van der Waals surface area (Å²) in [4.78, 5) is 42.8. The molecular weight excluding hydrogens is 536 g/mol. The summed E-state index contributed by atoms with van der Waals surface area (Å²) in [5.74, 6) is 0.534. The second-order valence-corrected chi connectivity index (χ2v) is 9.42. The van der Waals surface area contributed by atoms with E-state index in [1.54, 1.807) is 55.5 Å². The number of rotatable bonds is 11. The molecule has 40 heavy (non-hydrogen) atoms. The van der Waals surface area contributed by atoms with Gasteiger partial charge in [-0.3, -0.25) is 9.36 Å². The number of hydrogen-bond acceptors (Lipinski definition) is 10. The van der Waals surface area contributed by atoms with Gasteiger partial charge < -0.3 is 23.7 Å². The number of carbonyl (C=O) groups excluding carboxylic acids is 2. The van der Waals surface area contributed by atoms with Crippen molar-refractivity contribution in [2.45, 2.75) is 26.8 Å². The Kier molecular flexibility index (Phi) is 9.39. The van der Waals surface area contributed by atoms with Crippen LogP contribution in [0.3, 0.4) is 0 Å². The Morgan fingerprint density at radius 2 is 1.70 bits per heavy atom. The number of methoxy groups -OCH3 is 1. The van der Waals surface area contributed by atoms with Gasteiger partial charge in [0.25, 0.3) is 5.56 Å². The molecule has 1 atom stereocenters. The lowest BCUT2D eigenvalue weighted by atomic mass is 9.97. The van der Waals surface area contributed by atoms with Gasteiger partial charge in [0.05, 0.1) is 43.1 Å². The maximum Gasteiger partial charge on any atom is 0.344 e. The third-order valence-corrected chi connectivity index (χ3v) is 6.84. The third-order valence-electron chi connectivity index (χ3n) is 5.85. The highest BCUT2D eigenvalue weighted by Crippen LogP contribution is 2.35. The van der Waals surface area contributed by atoms with E-state index < -0.39 is 18.0 Å². The van der Waals surface area contributed by atoms with Gasteiger partial charge >= 0.3 is 11.9 Å². The number of thiazole rings is 1. The highest BCUT2D eigenvalue weighted by atomic mass is 32.1. The maximum atomic E-state index is 13.7. The maximum absolute atomic E-state index is 13.7. The second kappa shape index (κ2) is 13.1. The van der Waals surface area contributed by atoms with Crippen LogP contribution in [0.15, 0.2) is 64.0 Å². The molecule has 0 aliphatic carbocycles. The number of fused-ring (bicyclic) bond motifs is 1. The first-order valence-electron chi connectivity index (χ1n) is 12.8. The van der Waals surface area contributed by atoms with Crippen molar-refractivity contribution in [2.24, 2.45) is 4.99 Å². The fraction of sp³-hybridized carbons (Fsp3) is 0.310. The van der Waals surface area contributed by atoms with Crippen LogP contribution in [0.2, 0.25) is 0 Å². The molecule has 210 valence electrons. The summed E-state index contributed by atoms with van der Waals surface area (Å²) in [6.07, 6.45) is 3.18. The Bertz CT molecular complexity index is 1590. The summed E-state index contributed by atoms with van der Waals surface area (Å²) >= 11 is 1.21. The van der Waals surface area contributed by atoms with Crippen molar-refractivity contribution in [1.82, 2.24) is 4.57 Å². The molecule has 1 aliphatic heterocycles. The summed E-state index contributed by atoms with van der Waals surface area (Å²) < 4.78 is 28.7. The van der Waals surface area contributed by atoms with Crippen molar-refractivity contribution in [3.05, 3.63) is 85.1 Å². The molecule has 2 aromatic carbocycles. The summed E-state index contributed by atoms with van der Waals surface area (Å²) in [7, 11) is 1.29. The number of esters is 2. The van der Waals surface area contributed by atoms with E-state index >= 15 is 0 Å². The van der Waals surface area contributed by atoms with Gasteiger partial charge in [0.15, 0.2) is 22.9 Å². The zero-order valence-corrected chi connectivity index (χ0v) is 23.5. The molecule has 2 heterocycles. The van der Waals surface area contributed by atoms with Crippen molar-refractivity contribution in [1.29, 1.82) is 0 Å². The van der Waals surface area contributed by atoms with Crippen LogP contribution >= 0.6 is 11.3 Å². The van der Waals surface area contributed by atoms with Crippen LogP contribution < -0.4 is 29.1 Å². The van der Waals surface area contributed by atoms with Crippen LogP contribution in [0.1, 0.15) is 37.9 Å². The molecule has 0 bridgehead atoms. The molecule has 0 fully saturated rings. The quantitative estimate of drug-likeness (QED) is 0.326. The lowest BCUT2D eigenvalue weighted by Gasteiger charge is -2.23. The number of hydrogen-bond donors (Lipinski definition) is 0. The summed E-state index contributed by atoms with van der Waals surface area (Å²) in [6.45, 7) is 6.44. The first-order chi connectivity index (χ1) is 19.4. The van der Waals surface area contributed by atoms with E-state index in [1.807, 2.05) is 13.8 Å². The number of carbonyl (C=O) groups is 2. The zero-order chi connectivity index (χ0) is 28.6. The Morgan fingerprint density at radius 1 is 0.975 bits per heavy atom. The van der Waals surface area contributed by atoms with Gasteiger partial charge in [-0.1, -0.05) is 29.5 Å². The van der Waals surface area contributed by atoms with Gasteiger partial charge in [-0.2, -0.15) is 0 Å². The molecule has 0 N–H and O–H groups in total. The molecule has 1 aliphatic rings. The SMILES string of the molecule is CCOC(=O)COc1ccc(/C=c2\sc3n(c2=O)[C@H](c2ccc(OCC)c(OCC)c2)C(C(=O)OC)=CN=3)cc1. The lowest BCUT2D eigenvalue weighted by Crippen LogP contribution is -2.39. The predicted molar refractivity (Wildman–Crippen MR) is 149 cm³/mol. The minimum absolute atomic E-state index is 0.190. The standard InChI is InChI=1S/C29H30N2O8S/c1-5-36-22-13-10-19(15-23(22)37-6-2)26-21(28(34)35-4)16-30-29-31(26)27(33)24(40-29)14-18-8-11-20(12-9-18)39-17-25(32)38-7-3/h8-16,26H,5-7,17H2,1-4H3/b24-14-/t26-/m1/s1. The Labute approximate surface area is 234 Å². The van der Waals surface area contributed by atoms with Gasteiger partial charge in [0, 0.05) is 6.20 Å². The van der Waals surface area contributed by atoms with E-state index in [0.717, 1.165) is 5.56 Å². The van der Waals surface area contributed by atoms with Crippen molar-refractivity contribution < 1.29 is 33.3 Å². The monoisotopic (exact) mass is 566 g/mol. The average Bonchev–Trinajstić information content (AvgIpc) is 3.27. The van der Waals surface area contributed by atoms with Crippen LogP contribution in [-0.2, 0) is 19.1 Å². The molecule has 1 aromatic heterocycles. The minimum atomic E-state index is -0.778. The Morgan fingerprint density at radius 3 is 2.38 bits per heavy atom. The topological polar surface area (TPSA) is 115 Å². The average molecular weight is 567 g/mol. The molecule has 0 radical (unpaired) electrons. The number of benzene rings is 2. The van der Waals surface area contributed by atoms with E-state index in [2.05, 4.69) is 4.99 Å². The molecule has 0 amide bonds. The van der Waals surface area contributed by atoms with E-state index in [9.17, 15) is 14.4 Å². The highest BCUT2D eigenvalue weighted by Gasteiger charge is 2.31. The van der Waals surface area contributed by atoms with Crippen LogP contribution in [0.5, 0.6) is 17.2 Å². The molecule has 0 unspecified atom stereocenters. The van der Waals surface area contributed by atoms with Gasteiger partial charge in [-0.05, 0) is 62.2 Å². The van der Waals surface area contributed by atoms with Crippen LogP contribution in [0, 0.1) is 0 Å². The largest absolute Gasteiger partial charge is 0.490 e. The molecule has 11 heteroatoms. The lowest BCUT2D eigenvalue weighted by molar-refractivity contribution is -0.145. The van der Waals surface area contributed by atoms with Gasteiger partial charge in [0.1, 0.15) is 5.75 Å². The number of ether oxygens (including phenoxy) is 5. The van der Waals surface area contributed by atoms with Crippen molar-refractivity contribution in [2.75, 3.05) is 33.5 Å². The zero-order valence-electron chi connectivity index (χ0n) is 22.7. The Balaban J connectivity index is 1.73. The van der Waals surface area contributed by atoms with Crippen molar-refractivity contribution in [3.8, 4) is 17.2 Å². The molecule has 0 spiro atoms. The molecule has 3 aromatic rings. The number of nitrogens with zero attached hydrogens (tertiary/aromatic N) is 2. The minimum Gasteiger partial charge on any atom is -0.490 e. The van der Waals surface area contributed by atoms with Crippen molar-refractivity contribution >= 4 is 29.4 Å². The second-order valence-electron chi connectivity index (χ2n) is 8.41. The van der Waals surface area contributed by atoms with Crippen LogP contribution in [0.25, 0.3) is 6.08 Å². The van der Waals surface area contributed by atoms with Crippen LogP contribution in [-0.4, -0.2) is 50.0 Å². The molecule has 0 saturated heterocycles. The normalized spacial score (nSPS) is 14.4. The third kappa shape index (κ3) is 6.26. The summed E-state index contributed by atoms with van der Waals surface area (Å²) in [5.41, 5.74) is 1.31. The van der Waals surface area contributed by atoms with E-state index in [-0.39, 0.29) is 24.3 Å². The van der Waals surface area contributed by atoms with Gasteiger partial charge in [0.2, 0.25) is 0 Å². The van der Waals surface area contributed by atoms with Gasteiger partial charge in [-0.15, -0.1) is 0 Å². The predicted octanol–water partition coefficient (Wildman–Crippen LogP) is 2.76. The van der Waals surface area contributed by atoms with E-state index in [1.165, 1.54) is 29.2 Å². The Hall–Kier alpha value is -4.38. The number of aromatic nitrogens is 1. The fourth-order valence-corrected chi connectivity index (χ4v) is 5.11. The van der Waals surface area contributed by atoms with Gasteiger partial charge in [-0.25, -0.2) is 14.6 Å². The fourth-order valence-electron chi connectivity index (χ4n) is 4.14. The summed E-state index contributed by atoms with van der Waals surface area (Å²) in [5, 5.41) is 0. The molecule has 10 nitrogen and oxygen atoms in total. The molecular formula is C29H30N2O8S. The first kappa shape index (κ1) is 28.6. The summed E-state index contributed by atoms with van der Waals surface area (Å²) in [6, 6.07) is 11.5. The first-order valence-corrected chi connectivity index (χ1v) is 13.6. The van der Waals surface area contributed by atoms with E-state index in [4.69, 9.17) is 23.7 Å². The van der Waals surface area contributed by atoms with E-state index in [0.29, 0.717) is 45.4 Å². The van der Waals surface area contributed by atoms with Crippen molar-refractivity contribution in [3.63, 3.8) is 0 Å².